The molecule has 4 nitrogen and oxygen atoms in total. The van der Waals surface area contributed by atoms with Crippen molar-refractivity contribution in [3.63, 3.8) is 0 Å². The maximum atomic E-state index is 13.9. The summed E-state index contributed by atoms with van der Waals surface area (Å²) in [7, 11) is 0. The summed E-state index contributed by atoms with van der Waals surface area (Å²) in [5, 5.41) is 9.67. The maximum Gasteiger partial charge on any atom is 0.407 e. The molecule has 1 amide bonds. The van der Waals surface area contributed by atoms with E-state index in [0.717, 1.165) is 5.56 Å². The Kier molecular flexibility index (Phi) is 5.00. The Morgan fingerprint density at radius 2 is 2.04 bits per heavy atom. The standard InChI is InChI=1S/C17H20ClFN2O2/c1-17(2,3)10-21(16(22)23)9-11-6-15(20-8-11)13-5-4-12(18)7-14(13)19/h4-8,20H,9-10H2,1-3H3,(H,22,23). The normalized spacial score (nSPS) is 11.5. The number of carbonyl (C=O) groups is 1. The molecule has 0 saturated heterocycles. The molecule has 2 aromatic rings. The quantitative estimate of drug-likeness (QED) is 0.824. The molecular weight excluding hydrogens is 319 g/mol. The van der Waals surface area contributed by atoms with Crippen molar-refractivity contribution in [3.05, 3.63) is 46.9 Å². The van der Waals surface area contributed by atoms with Gasteiger partial charge in [-0.05, 0) is 35.2 Å². The molecule has 2 rings (SSSR count). The van der Waals surface area contributed by atoms with Crippen LogP contribution in [0, 0.1) is 11.2 Å². The van der Waals surface area contributed by atoms with Gasteiger partial charge >= 0.3 is 6.09 Å². The molecule has 0 saturated carbocycles. The Balaban J connectivity index is 2.19. The van der Waals surface area contributed by atoms with Gasteiger partial charge in [-0.3, -0.25) is 0 Å². The van der Waals surface area contributed by atoms with Gasteiger partial charge in [-0.1, -0.05) is 32.4 Å². The smallest absolute Gasteiger partial charge is 0.407 e. The highest BCUT2D eigenvalue weighted by Gasteiger charge is 2.21. The van der Waals surface area contributed by atoms with E-state index in [0.29, 0.717) is 22.8 Å². The molecule has 0 spiro atoms. The van der Waals surface area contributed by atoms with E-state index in [-0.39, 0.29) is 12.0 Å². The Labute approximate surface area is 139 Å². The van der Waals surface area contributed by atoms with Gasteiger partial charge in [0.15, 0.2) is 0 Å². The Hall–Kier alpha value is -2.01. The van der Waals surface area contributed by atoms with Crippen LogP contribution in [0.1, 0.15) is 26.3 Å². The van der Waals surface area contributed by atoms with E-state index in [1.165, 1.54) is 11.0 Å². The lowest BCUT2D eigenvalue weighted by molar-refractivity contribution is 0.123. The van der Waals surface area contributed by atoms with E-state index in [2.05, 4.69) is 4.98 Å². The molecule has 23 heavy (non-hydrogen) atoms. The van der Waals surface area contributed by atoms with Gasteiger partial charge in [0, 0.05) is 29.0 Å². The Morgan fingerprint density at radius 3 is 2.61 bits per heavy atom. The third-order valence-corrected chi connectivity index (χ3v) is 3.51. The third kappa shape index (κ3) is 4.73. The first kappa shape index (κ1) is 17.3. The third-order valence-electron chi connectivity index (χ3n) is 3.27. The average Bonchev–Trinajstić information content (AvgIpc) is 2.84. The second-order valence-corrected chi connectivity index (χ2v) is 7.18. The van der Waals surface area contributed by atoms with E-state index >= 15 is 0 Å². The molecule has 0 unspecified atom stereocenters. The Bertz CT molecular complexity index is 707. The highest BCUT2D eigenvalue weighted by Crippen LogP contribution is 2.26. The molecule has 1 heterocycles. The van der Waals surface area contributed by atoms with E-state index < -0.39 is 11.9 Å². The molecule has 0 bridgehead atoms. The maximum absolute atomic E-state index is 13.9. The minimum atomic E-state index is -0.972. The first-order valence-corrected chi connectivity index (χ1v) is 7.64. The zero-order valence-corrected chi connectivity index (χ0v) is 14.1. The van der Waals surface area contributed by atoms with Crippen LogP contribution in [-0.4, -0.2) is 27.6 Å². The summed E-state index contributed by atoms with van der Waals surface area (Å²) in [6.45, 7) is 6.61. The van der Waals surface area contributed by atoms with Crippen molar-refractivity contribution >= 4 is 17.7 Å². The number of hydrogen-bond donors (Lipinski definition) is 2. The van der Waals surface area contributed by atoms with Gasteiger partial charge in [-0.2, -0.15) is 0 Å². The van der Waals surface area contributed by atoms with Gasteiger partial charge in [0.1, 0.15) is 5.82 Å². The lowest BCUT2D eigenvalue weighted by Gasteiger charge is -2.27. The SMILES string of the molecule is CC(C)(C)CN(Cc1c[nH]c(-c2ccc(Cl)cc2F)c1)C(=O)O. The van der Waals surface area contributed by atoms with Crippen LogP contribution in [0.2, 0.25) is 5.02 Å². The molecule has 1 aromatic heterocycles. The topological polar surface area (TPSA) is 56.3 Å². The largest absolute Gasteiger partial charge is 0.465 e. The minimum Gasteiger partial charge on any atom is -0.465 e. The first-order chi connectivity index (χ1) is 10.7. The number of halogens is 2. The van der Waals surface area contributed by atoms with E-state index in [1.807, 2.05) is 20.8 Å². The van der Waals surface area contributed by atoms with Crippen LogP contribution in [0.4, 0.5) is 9.18 Å². The monoisotopic (exact) mass is 338 g/mol. The molecule has 0 aliphatic heterocycles. The highest BCUT2D eigenvalue weighted by molar-refractivity contribution is 6.30. The molecule has 6 heteroatoms. The number of hydrogen-bond acceptors (Lipinski definition) is 1. The van der Waals surface area contributed by atoms with Crippen LogP contribution in [0.25, 0.3) is 11.3 Å². The summed E-state index contributed by atoms with van der Waals surface area (Å²) in [4.78, 5) is 15.7. The fraction of sp³-hybridized carbons (Fsp3) is 0.353. The van der Waals surface area contributed by atoms with Gasteiger partial charge in [0.05, 0.1) is 6.54 Å². The van der Waals surface area contributed by atoms with Crippen molar-refractivity contribution in [1.82, 2.24) is 9.88 Å². The molecule has 0 aliphatic rings. The van der Waals surface area contributed by atoms with Crippen LogP contribution in [0.3, 0.4) is 0 Å². The van der Waals surface area contributed by atoms with Crippen LogP contribution in [0.15, 0.2) is 30.5 Å². The van der Waals surface area contributed by atoms with E-state index in [4.69, 9.17) is 11.6 Å². The minimum absolute atomic E-state index is 0.139. The lowest BCUT2D eigenvalue weighted by Crippen LogP contribution is -2.36. The number of nitrogens with zero attached hydrogens (tertiary/aromatic N) is 1. The van der Waals surface area contributed by atoms with Crippen molar-refractivity contribution in [1.29, 1.82) is 0 Å². The first-order valence-electron chi connectivity index (χ1n) is 7.26. The average molecular weight is 339 g/mol. The van der Waals surface area contributed by atoms with E-state index in [1.54, 1.807) is 24.4 Å². The van der Waals surface area contributed by atoms with Crippen molar-refractivity contribution in [2.75, 3.05) is 6.54 Å². The predicted octanol–water partition coefficient (Wildman–Crippen LogP) is 5.00. The summed E-state index contributed by atoms with van der Waals surface area (Å²) in [6.07, 6.45) is 0.725. The number of rotatable bonds is 4. The summed E-state index contributed by atoms with van der Waals surface area (Å²) in [5.74, 6) is -0.421. The molecule has 0 aliphatic carbocycles. The van der Waals surface area contributed by atoms with Crippen molar-refractivity contribution in [2.24, 2.45) is 5.41 Å². The van der Waals surface area contributed by atoms with Crippen LogP contribution < -0.4 is 0 Å². The molecule has 124 valence electrons. The molecule has 0 radical (unpaired) electrons. The summed E-state index contributed by atoms with van der Waals surface area (Å²) < 4.78 is 13.9. The number of carboxylic acid groups (broad SMARTS) is 1. The number of aromatic nitrogens is 1. The number of aromatic amines is 1. The fourth-order valence-electron chi connectivity index (χ4n) is 2.38. The summed E-state index contributed by atoms with van der Waals surface area (Å²) in [6, 6.07) is 6.21. The van der Waals surface area contributed by atoms with Crippen LogP contribution >= 0.6 is 11.6 Å². The van der Waals surface area contributed by atoms with E-state index in [9.17, 15) is 14.3 Å². The zero-order valence-electron chi connectivity index (χ0n) is 13.4. The van der Waals surface area contributed by atoms with Crippen LogP contribution in [-0.2, 0) is 6.54 Å². The predicted molar refractivity (Wildman–Crippen MR) is 89.1 cm³/mol. The Morgan fingerprint density at radius 1 is 1.35 bits per heavy atom. The molecular formula is C17H20ClFN2O2. The van der Waals surface area contributed by atoms with Gasteiger partial charge in [0.25, 0.3) is 0 Å². The molecule has 2 N–H and O–H groups in total. The number of nitrogens with one attached hydrogen (secondary N) is 1. The van der Waals surface area contributed by atoms with Gasteiger partial charge in [-0.15, -0.1) is 0 Å². The zero-order chi connectivity index (χ0) is 17.2. The molecule has 0 fully saturated rings. The van der Waals surface area contributed by atoms with Gasteiger partial charge in [-0.25, -0.2) is 9.18 Å². The van der Waals surface area contributed by atoms with Crippen LogP contribution in [0.5, 0.6) is 0 Å². The van der Waals surface area contributed by atoms with Gasteiger partial charge in [0.2, 0.25) is 0 Å². The molecule has 1 aromatic carbocycles. The fourth-order valence-corrected chi connectivity index (χ4v) is 2.54. The summed E-state index contributed by atoms with van der Waals surface area (Å²) >= 11 is 5.75. The second kappa shape index (κ2) is 6.62. The van der Waals surface area contributed by atoms with Crippen molar-refractivity contribution in [2.45, 2.75) is 27.3 Å². The van der Waals surface area contributed by atoms with Crippen molar-refractivity contribution < 1.29 is 14.3 Å². The number of benzene rings is 1. The van der Waals surface area contributed by atoms with Crippen molar-refractivity contribution in [3.8, 4) is 11.3 Å². The molecule has 0 atom stereocenters. The highest BCUT2D eigenvalue weighted by atomic mass is 35.5. The second-order valence-electron chi connectivity index (χ2n) is 6.75. The van der Waals surface area contributed by atoms with Gasteiger partial charge < -0.3 is 15.0 Å². The number of amides is 1. The summed E-state index contributed by atoms with van der Waals surface area (Å²) in [5.41, 5.74) is 1.63. The number of H-pyrrole nitrogens is 1. The lowest BCUT2D eigenvalue weighted by atomic mass is 9.96.